The van der Waals surface area contributed by atoms with Crippen LogP contribution in [0.25, 0.3) is 28.0 Å². The maximum Gasteiger partial charge on any atom is 0.126 e. The first-order chi connectivity index (χ1) is 17.0. The SMILES string of the molecule is C=Cc1cccc(CC2CCN(C)CC2)c1.CNc1cc2cc(-c3cnn(C)c3C)ccc2cn1. The fourth-order valence-corrected chi connectivity index (χ4v) is 4.67. The van der Waals surface area contributed by atoms with E-state index in [1.54, 1.807) is 0 Å². The molecule has 4 aromatic rings. The fraction of sp³-hybridized carbons (Fsp3) is 0.333. The topological polar surface area (TPSA) is 46.0 Å². The lowest BCUT2D eigenvalue weighted by molar-refractivity contribution is 0.219. The molecule has 5 nitrogen and oxygen atoms in total. The third-order valence-electron chi connectivity index (χ3n) is 7.07. The number of aryl methyl sites for hydroxylation is 1. The van der Waals surface area contributed by atoms with Crippen molar-refractivity contribution in [1.29, 1.82) is 0 Å². The molecule has 0 spiro atoms. The molecule has 182 valence electrons. The van der Waals surface area contributed by atoms with E-state index in [4.69, 9.17) is 0 Å². The fourth-order valence-electron chi connectivity index (χ4n) is 4.67. The summed E-state index contributed by atoms with van der Waals surface area (Å²) in [6.45, 7) is 8.42. The minimum absolute atomic E-state index is 0.872. The molecule has 0 bridgehead atoms. The highest BCUT2D eigenvalue weighted by Gasteiger charge is 2.16. The molecule has 0 unspecified atom stereocenters. The van der Waals surface area contributed by atoms with Crippen LogP contribution in [0.15, 0.2) is 67.5 Å². The number of pyridine rings is 1. The van der Waals surface area contributed by atoms with E-state index in [1.807, 2.05) is 37.2 Å². The van der Waals surface area contributed by atoms with Crippen molar-refractivity contribution in [2.24, 2.45) is 13.0 Å². The van der Waals surface area contributed by atoms with E-state index in [0.717, 1.165) is 17.1 Å². The average Bonchev–Trinajstić information content (AvgIpc) is 3.23. The van der Waals surface area contributed by atoms with Crippen LogP contribution in [-0.4, -0.2) is 46.8 Å². The Morgan fingerprint density at radius 2 is 1.83 bits per heavy atom. The quantitative estimate of drug-likeness (QED) is 0.380. The lowest BCUT2D eigenvalue weighted by atomic mass is 9.90. The average molecular weight is 468 g/mol. The number of anilines is 1. The third-order valence-corrected chi connectivity index (χ3v) is 7.07. The molecule has 5 rings (SSSR count). The van der Waals surface area contributed by atoms with E-state index in [9.17, 15) is 0 Å². The van der Waals surface area contributed by atoms with Crippen molar-refractivity contribution >= 4 is 22.7 Å². The number of nitrogens with one attached hydrogen (secondary N) is 1. The standard InChI is InChI=1S/C15H16N4.C15H21N/c1-10-14(9-18-19(10)3)11-4-5-12-8-17-15(16-2)7-13(12)6-11;1-3-13-5-4-6-15(11-13)12-14-7-9-16(2)10-8-14/h4-9H,1-3H3,(H,16,17);3-6,11,14H,1,7-10,12H2,2H3. The summed E-state index contributed by atoms with van der Waals surface area (Å²) in [4.78, 5) is 6.75. The van der Waals surface area contributed by atoms with Gasteiger partial charge in [0.1, 0.15) is 5.82 Å². The Morgan fingerprint density at radius 3 is 2.51 bits per heavy atom. The molecule has 2 aromatic heterocycles. The van der Waals surface area contributed by atoms with Crippen LogP contribution in [-0.2, 0) is 13.5 Å². The highest BCUT2D eigenvalue weighted by Crippen LogP contribution is 2.27. The third kappa shape index (κ3) is 6.17. The van der Waals surface area contributed by atoms with Crippen molar-refractivity contribution in [3.05, 3.63) is 84.3 Å². The van der Waals surface area contributed by atoms with Crippen LogP contribution in [0.2, 0.25) is 0 Å². The zero-order chi connectivity index (χ0) is 24.8. The Labute approximate surface area is 209 Å². The van der Waals surface area contributed by atoms with E-state index in [1.165, 1.54) is 65.7 Å². The number of fused-ring (bicyclic) bond motifs is 1. The van der Waals surface area contributed by atoms with Crippen LogP contribution >= 0.6 is 0 Å². The maximum atomic E-state index is 4.32. The molecule has 1 fully saturated rings. The predicted molar refractivity (Wildman–Crippen MR) is 149 cm³/mol. The first-order valence-electron chi connectivity index (χ1n) is 12.4. The summed E-state index contributed by atoms with van der Waals surface area (Å²) in [5.74, 6) is 1.75. The molecular formula is C30H37N5. The number of rotatable bonds is 5. The highest BCUT2D eigenvalue weighted by atomic mass is 15.3. The van der Waals surface area contributed by atoms with Crippen LogP contribution in [0.3, 0.4) is 0 Å². The van der Waals surface area contributed by atoms with Crippen LogP contribution in [0.1, 0.15) is 29.7 Å². The van der Waals surface area contributed by atoms with E-state index in [-0.39, 0.29) is 0 Å². The Bertz CT molecular complexity index is 1280. The Morgan fingerprint density at radius 1 is 1.03 bits per heavy atom. The van der Waals surface area contributed by atoms with Gasteiger partial charge in [-0.2, -0.15) is 5.10 Å². The lowest BCUT2D eigenvalue weighted by Gasteiger charge is -2.29. The van der Waals surface area contributed by atoms with Gasteiger partial charge in [0.25, 0.3) is 0 Å². The number of hydrogen-bond acceptors (Lipinski definition) is 4. The zero-order valence-electron chi connectivity index (χ0n) is 21.5. The number of piperidine rings is 1. The molecule has 0 atom stereocenters. The first-order valence-corrected chi connectivity index (χ1v) is 12.4. The van der Waals surface area contributed by atoms with E-state index in [0.29, 0.717) is 0 Å². The summed E-state index contributed by atoms with van der Waals surface area (Å²) in [6.07, 6.45) is 9.65. The number of benzene rings is 2. The van der Waals surface area contributed by atoms with Gasteiger partial charge < -0.3 is 10.2 Å². The van der Waals surface area contributed by atoms with Gasteiger partial charge in [0.15, 0.2) is 0 Å². The molecule has 5 heteroatoms. The van der Waals surface area contributed by atoms with Gasteiger partial charge in [0.2, 0.25) is 0 Å². The molecular weight excluding hydrogens is 430 g/mol. The van der Waals surface area contributed by atoms with Gasteiger partial charge in [-0.25, -0.2) is 4.98 Å². The predicted octanol–water partition coefficient (Wildman–Crippen LogP) is 6.20. The second-order valence-corrected chi connectivity index (χ2v) is 9.55. The largest absolute Gasteiger partial charge is 0.373 e. The second kappa shape index (κ2) is 11.3. The van der Waals surface area contributed by atoms with Crippen LogP contribution in [0, 0.1) is 12.8 Å². The summed E-state index contributed by atoms with van der Waals surface area (Å²) in [5, 5.41) is 9.69. The Kier molecular flexibility index (Phi) is 7.98. The number of nitrogens with zero attached hydrogens (tertiary/aromatic N) is 4. The normalized spacial score (nSPS) is 14.4. The molecule has 0 aliphatic carbocycles. The van der Waals surface area contributed by atoms with Crippen LogP contribution in [0.5, 0.6) is 0 Å². The summed E-state index contributed by atoms with van der Waals surface area (Å²) < 4.78 is 1.89. The summed E-state index contributed by atoms with van der Waals surface area (Å²) in [6, 6.07) is 17.2. The molecule has 2 aromatic carbocycles. The minimum Gasteiger partial charge on any atom is -0.373 e. The molecule has 0 saturated carbocycles. The van der Waals surface area contributed by atoms with Crippen molar-refractivity contribution in [1.82, 2.24) is 19.7 Å². The van der Waals surface area contributed by atoms with Crippen molar-refractivity contribution in [3.8, 4) is 11.1 Å². The molecule has 1 aliphatic rings. The van der Waals surface area contributed by atoms with Crippen molar-refractivity contribution in [2.45, 2.75) is 26.2 Å². The summed E-state index contributed by atoms with van der Waals surface area (Å²) in [5.41, 5.74) is 6.23. The van der Waals surface area contributed by atoms with Gasteiger partial charge in [-0.05, 0) is 86.5 Å². The number of hydrogen-bond donors (Lipinski definition) is 1. The smallest absolute Gasteiger partial charge is 0.126 e. The van der Waals surface area contributed by atoms with Gasteiger partial charge in [-0.3, -0.25) is 4.68 Å². The van der Waals surface area contributed by atoms with Crippen molar-refractivity contribution < 1.29 is 0 Å². The first kappa shape index (κ1) is 24.7. The molecule has 3 heterocycles. The monoisotopic (exact) mass is 467 g/mol. The van der Waals surface area contributed by atoms with E-state index in [2.05, 4.69) is 89.4 Å². The highest BCUT2D eigenvalue weighted by molar-refractivity contribution is 5.88. The van der Waals surface area contributed by atoms with Crippen LogP contribution in [0.4, 0.5) is 5.82 Å². The van der Waals surface area contributed by atoms with Gasteiger partial charge in [0, 0.05) is 36.9 Å². The van der Waals surface area contributed by atoms with Crippen molar-refractivity contribution in [2.75, 3.05) is 32.5 Å². The van der Waals surface area contributed by atoms with Crippen molar-refractivity contribution in [3.63, 3.8) is 0 Å². The van der Waals surface area contributed by atoms with E-state index < -0.39 is 0 Å². The molecule has 0 radical (unpaired) electrons. The Hall–Kier alpha value is -3.44. The molecule has 35 heavy (non-hydrogen) atoms. The Balaban J connectivity index is 0.000000168. The number of aromatic nitrogens is 3. The number of likely N-dealkylation sites (tertiary alicyclic amines) is 1. The summed E-state index contributed by atoms with van der Waals surface area (Å²) in [7, 11) is 6.06. The van der Waals surface area contributed by atoms with Gasteiger partial charge in [0.05, 0.1) is 6.20 Å². The summed E-state index contributed by atoms with van der Waals surface area (Å²) >= 11 is 0. The molecule has 1 N–H and O–H groups in total. The van der Waals surface area contributed by atoms with Crippen LogP contribution < -0.4 is 5.32 Å². The lowest BCUT2D eigenvalue weighted by Crippen LogP contribution is -2.30. The minimum atomic E-state index is 0.872. The second-order valence-electron chi connectivity index (χ2n) is 9.55. The van der Waals surface area contributed by atoms with Gasteiger partial charge >= 0.3 is 0 Å². The molecule has 0 amide bonds. The van der Waals surface area contributed by atoms with Gasteiger partial charge in [-0.15, -0.1) is 0 Å². The zero-order valence-corrected chi connectivity index (χ0v) is 21.5. The molecule has 1 aliphatic heterocycles. The van der Waals surface area contributed by atoms with E-state index >= 15 is 0 Å². The molecule has 1 saturated heterocycles. The van der Waals surface area contributed by atoms with Gasteiger partial charge in [-0.1, -0.05) is 49.1 Å². The maximum absolute atomic E-state index is 4.32.